The molecule has 0 amide bonds. The molecule has 0 heterocycles. The highest BCUT2D eigenvalue weighted by molar-refractivity contribution is 7.71. The minimum absolute atomic E-state index is 0.448. The van der Waals surface area contributed by atoms with Crippen molar-refractivity contribution >= 4 is 21.6 Å². The van der Waals surface area contributed by atoms with Crippen LogP contribution in [0.25, 0.3) is 0 Å². The SMILES string of the molecule is O=C(O)C(C=S(=O)=O)c1ccccc1. The average Bonchev–Trinajstić information content (AvgIpc) is 2.15. The molecule has 1 atom stereocenters. The van der Waals surface area contributed by atoms with Gasteiger partial charge in [0.15, 0.2) is 0 Å². The lowest BCUT2D eigenvalue weighted by molar-refractivity contribution is -0.136. The van der Waals surface area contributed by atoms with Gasteiger partial charge in [-0.25, -0.2) is 0 Å². The van der Waals surface area contributed by atoms with Gasteiger partial charge in [0.2, 0.25) is 10.3 Å². The molecule has 0 fully saturated rings. The number of carboxylic acid groups (broad SMARTS) is 1. The van der Waals surface area contributed by atoms with E-state index in [2.05, 4.69) is 0 Å². The van der Waals surface area contributed by atoms with E-state index in [-0.39, 0.29) is 0 Å². The Labute approximate surface area is 82.3 Å². The van der Waals surface area contributed by atoms with Gasteiger partial charge in [0.1, 0.15) is 5.92 Å². The Kier molecular flexibility index (Phi) is 3.41. The first kappa shape index (κ1) is 10.5. The lowest BCUT2D eigenvalue weighted by Crippen LogP contribution is -2.13. The zero-order valence-electron chi connectivity index (χ0n) is 7.12. The first-order chi connectivity index (χ1) is 6.61. The molecular weight excluding hydrogens is 204 g/mol. The quantitative estimate of drug-likeness (QED) is 0.742. The summed E-state index contributed by atoms with van der Waals surface area (Å²) >= 11 is 0. The number of rotatable bonds is 3. The smallest absolute Gasteiger partial charge is 0.315 e. The van der Waals surface area contributed by atoms with Crippen molar-refractivity contribution in [1.82, 2.24) is 0 Å². The molecule has 0 radical (unpaired) electrons. The van der Waals surface area contributed by atoms with Crippen molar-refractivity contribution in [2.45, 2.75) is 5.92 Å². The molecule has 0 aliphatic rings. The minimum atomic E-state index is -2.47. The Morgan fingerprint density at radius 2 is 1.86 bits per heavy atom. The maximum atomic E-state index is 10.7. The first-order valence-corrected chi connectivity index (χ1v) is 4.96. The molecule has 0 aliphatic carbocycles. The summed E-state index contributed by atoms with van der Waals surface area (Å²) in [6, 6.07) is 8.19. The fourth-order valence-electron chi connectivity index (χ4n) is 1.05. The molecule has 0 saturated heterocycles. The molecule has 1 aromatic carbocycles. The number of hydrogen-bond acceptors (Lipinski definition) is 3. The van der Waals surface area contributed by atoms with Gasteiger partial charge < -0.3 is 5.11 Å². The summed E-state index contributed by atoms with van der Waals surface area (Å²) < 4.78 is 20.7. The van der Waals surface area contributed by atoms with Crippen molar-refractivity contribution in [2.24, 2.45) is 0 Å². The Morgan fingerprint density at radius 3 is 2.29 bits per heavy atom. The van der Waals surface area contributed by atoms with Gasteiger partial charge in [-0.05, 0) is 5.56 Å². The van der Waals surface area contributed by atoms with Crippen LogP contribution in [-0.4, -0.2) is 24.9 Å². The van der Waals surface area contributed by atoms with E-state index in [1.165, 1.54) is 0 Å². The zero-order chi connectivity index (χ0) is 10.6. The highest BCUT2D eigenvalue weighted by Gasteiger charge is 2.17. The lowest BCUT2D eigenvalue weighted by atomic mass is 10.0. The number of hydrogen-bond donors (Lipinski definition) is 1. The topological polar surface area (TPSA) is 71.4 Å². The third-order valence-corrected chi connectivity index (χ3v) is 2.17. The van der Waals surface area contributed by atoms with Crippen LogP contribution < -0.4 is 0 Å². The van der Waals surface area contributed by atoms with Crippen molar-refractivity contribution in [3.63, 3.8) is 0 Å². The largest absolute Gasteiger partial charge is 0.481 e. The highest BCUT2D eigenvalue weighted by Crippen LogP contribution is 2.12. The van der Waals surface area contributed by atoms with E-state index in [0.29, 0.717) is 5.56 Å². The molecule has 1 rings (SSSR count). The summed E-state index contributed by atoms with van der Waals surface area (Å²) in [6.45, 7) is 0. The Morgan fingerprint density at radius 1 is 1.29 bits per heavy atom. The van der Waals surface area contributed by atoms with Crippen LogP contribution in [0.2, 0.25) is 0 Å². The number of benzene rings is 1. The number of carbonyl (C=O) groups is 1. The third-order valence-electron chi connectivity index (χ3n) is 1.67. The van der Waals surface area contributed by atoms with Crippen LogP contribution in [0.1, 0.15) is 11.5 Å². The van der Waals surface area contributed by atoms with E-state index in [4.69, 9.17) is 5.11 Å². The average molecular weight is 212 g/mol. The summed E-state index contributed by atoms with van der Waals surface area (Å²) in [5.41, 5.74) is 0.448. The van der Waals surface area contributed by atoms with Crippen molar-refractivity contribution < 1.29 is 18.3 Å². The molecule has 0 aromatic heterocycles. The summed E-state index contributed by atoms with van der Waals surface area (Å²) in [7, 11) is -2.47. The molecule has 0 aliphatic heterocycles. The molecule has 74 valence electrons. The van der Waals surface area contributed by atoms with Crippen molar-refractivity contribution in [1.29, 1.82) is 0 Å². The second-order valence-corrected chi connectivity index (χ2v) is 3.42. The normalized spacial score (nSPS) is 11.7. The van der Waals surface area contributed by atoms with Gasteiger partial charge in [0, 0.05) is 0 Å². The molecule has 14 heavy (non-hydrogen) atoms. The molecule has 4 nitrogen and oxygen atoms in total. The molecule has 1 unspecified atom stereocenters. The molecule has 1 aromatic rings. The number of carboxylic acids is 1. The fourth-order valence-corrected chi connectivity index (χ4v) is 1.55. The van der Waals surface area contributed by atoms with E-state index < -0.39 is 22.2 Å². The van der Waals surface area contributed by atoms with Crippen LogP contribution in [0.3, 0.4) is 0 Å². The molecular formula is C9H8O4S. The van der Waals surface area contributed by atoms with Crippen LogP contribution in [-0.2, 0) is 15.1 Å². The molecule has 0 saturated carbocycles. The van der Waals surface area contributed by atoms with E-state index in [1.807, 2.05) is 0 Å². The monoisotopic (exact) mass is 212 g/mol. The molecule has 5 heteroatoms. The van der Waals surface area contributed by atoms with Crippen LogP contribution in [0.4, 0.5) is 0 Å². The van der Waals surface area contributed by atoms with Crippen LogP contribution in [0, 0.1) is 0 Å². The van der Waals surface area contributed by atoms with Gasteiger partial charge in [-0.15, -0.1) is 0 Å². The maximum Gasteiger partial charge on any atom is 0.315 e. The Hall–Kier alpha value is -1.62. The van der Waals surface area contributed by atoms with Crippen LogP contribution >= 0.6 is 0 Å². The predicted octanol–water partition coefficient (Wildman–Crippen LogP) is 0.536. The van der Waals surface area contributed by atoms with E-state index in [9.17, 15) is 13.2 Å². The van der Waals surface area contributed by atoms with E-state index in [0.717, 1.165) is 5.37 Å². The summed E-state index contributed by atoms with van der Waals surface area (Å²) in [4.78, 5) is 10.7. The molecule has 1 N–H and O–H groups in total. The van der Waals surface area contributed by atoms with Crippen molar-refractivity contribution in [3.05, 3.63) is 35.9 Å². The van der Waals surface area contributed by atoms with Gasteiger partial charge in [-0.3, -0.25) is 4.79 Å². The van der Waals surface area contributed by atoms with E-state index >= 15 is 0 Å². The van der Waals surface area contributed by atoms with Crippen LogP contribution in [0.15, 0.2) is 30.3 Å². The minimum Gasteiger partial charge on any atom is -0.481 e. The predicted molar refractivity (Wildman–Crippen MR) is 51.8 cm³/mol. The number of aliphatic carboxylic acids is 1. The molecule has 0 spiro atoms. The van der Waals surface area contributed by atoms with Crippen LogP contribution in [0.5, 0.6) is 0 Å². The Bertz CT molecular complexity index is 439. The highest BCUT2D eigenvalue weighted by atomic mass is 32.2. The van der Waals surface area contributed by atoms with E-state index in [1.54, 1.807) is 30.3 Å². The molecule has 0 bridgehead atoms. The fraction of sp³-hybridized carbons (Fsp3) is 0.111. The van der Waals surface area contributed by atoms with Crippen molar-refractivity contribution in [2.75, 3.05) is 0 Å². The summed E-state index contributed by atoms with van der Waals surface area (Å²) in [6.07, 6.45) is 0. The van der Waals surface area contributed by atoms with Gasteiger partial charge in [-0.1, -0.05) is 30.3 Å². The maximum absolute atomic E-state index is 10.7. The summed E-state index contributed by atoms with van der Waals surface area (Å²) in [5, 5.41) is 9.53. The lowest BCUT2D eigenvalue weighted by Gasteiger charge is -2.04. The van der Waals surface area contributed by atoms with Crippen molar-refractivity contribution in [3.8, 4) is 0 Å². The van der Waals surface area contributed by atoms with Gasteiger partial charge >= 0.3 is 5.97 Å². The Balaban J connectivity index is 3.14. The third kappa shape index (κ3) is 2.70. The second-order valence-electron chi connectivity index (χ2n) is 2.62. The standard InChI is InChI=1S/C9H8O4S/c10-9(11)8(6-14(12)13)7-4-2-1-3-5-7/h1-6,8H,(H,10,11). The van der Waals surface area contributed by atoms with Gasteiger partial charge in [-0.2, -0.15) is 8.42 Å². The van der Waals surface area contributed by atoms with Gasteiger partial charge in [0.25, 0.3) is 0 Å². The first-order valence-electron chi connectivity index (χ1n) is 3.82. The second kappa shape index (κ2) is 4.57. The summed E-state index contributed by atoms with van der Waals surface area (Å²) in [5.74, 6) is -2.28. The zero-order valence-corrected chi connectivity index (χ0v) is 7.94. The van der Waals surface area contributed by atoms with Gasteiger partial charge in [0.05, 0.1) is 5.37 Å².